The summed E-state index contributed by atoms with van der Waals surface area (Å²) in [5.41, 5.74) is 0. The van der Waals surface area contributed by atoms with Crippen molar-refractivity contribution in [2.75, 3.05) is 6.61 Å². The Balaban J connectivity index is 2.37. The van der Waals surface area contributed by atoms with E-state index in [0.29, 0.717) is 18.4 Å². The minimum Gasteiger partial charge on any atom is -0.396 e. The molecule has 0 aromatic carbocycles. The molecular formula is C10H18O. The topological polar surface area (TPSA) is 20.2 Å². The molecule has 0 spiro atoms. The fourth-order valence-corrected chi connectivity index (χ4v) is 2.05. The van der Waals surface area contributed by atoms with Crippen molar-refractivity contribution in [3.05, 3.63) is 12.7 Å². The zero-order valence-electron chi connectivity index (χ0n) is 7.13. The third-order valence-electron chi connectivity index (χ3n) is 2.77. The Hall–Kier alpha value is -0.300. The normalized spacial score (nSPS) is 31.7. The summed E-state index contributed by atoms with van der Waals surface area (Å²) in [5.74, 6) is 1.27. The number of hydrogen-bond acceptors (Lipinski definition) is 1. The van der Waals surface area contributed by atoms with E-state index in [1.54, 1.807) is 0 Å². The predicted molar refractivity (Wildman–Crippen MR) is 47.3 cm³/mol. The first-order valence-electron chi connectivity index (χ1n) is 4.60. The molecule has 1 N–H and O–H groups in total. The maximum absolute atomic E-state index is 9.05. The highest BCUT2D eigenvalue weighted by Gasteiger charge is 2.22. The van der Waals surface area contributed by atoms with Crippen LogP contribution < -0.4 is 0 Å². The highest BCUT2D eigenvalue weighted by molar-refractivity contribution is 4.81. The van der Waals surface area contributed by atoms with Gasteiger partial charge in [-0.15, -0.1) is 6.58 Å². The van der Waals surface area contributed by atoms with Crippen LogP contribution in [0.1, 0.15) is 32.1 Å². The van der Waals surface area contributed by atoms with Crippen molar-refractivity contribution in [1.29, 1.82) is 0 Å². The van der Waals surface area contributed by atoms with Crippen molar-refractivity contribution >= 4 is 0 Å². The van der Waals surface area contributed by atoms with Crippen LogP contribution in [-0.4, -0.2) is 11.7 Å². The molecule has 0 heterocycles. The third-order valence-corrected chi connectivity index (χ3v) is 2.77. The van der Waals surface area contributed by atoms with Crippen LogP contribution in [0.15, 0.2) is 12.7 Å². The van der Waals surface area contributed by atoms with E-state index in [0.717, 1.165) is 6.42 Å². The molecule has 0 bridgehead atoms. The van der Waals surface area contributed by atoms with Gasteiger partial charge in [0.1, 0.15) is 0 Å². The molecule has 1 heteroatoms. The van der Waals surface area contributed by atoms with Crippen LogP contribution >= 0.6 is 0 Å². The number of allylic oxidation sites excluding steroid dienone is 1. The van der Waals surface area contributed by atoms with E-state index < -0.39 is 0 Å². The van der Waals surface area contributed by atoms with Crippen LogP contribution in [-0.2, 0) is 0 Å². The first-order chi connectivity index (χ1) is 5.38. The molecule has 0 saturated heterocycles. The standard InChI is InChI=1S/C10H18O/c1-2-5-9-6-3-4-7-10(9)8-11/h2,9-11H,1,3-8H2/t9-,10+/m1/s1. The number of aliphatic hydroxyl groups is 1. The first kappa shape index (κ1) is 8.79. The zero-order valence-corrected chi connectivity index (χ0v) is 7.13. The SMILES string of the molecule is C=CC[C@@H]1CCCC[C@H]1CO. The molecule has 1 aliphatic carbocycles. The smallest absolute Gasteiger partial charge is 0.0462 e. The monoisotopic (exact) mass is 154 g/mol. The Morgan fingerprint density at radius 1 is 1.27 bits per heavy atom. The molecule has 0 amide bonds. The van der Waals surface area contributed by atoms with Crippen LogP contribution in [0.2, 0.25) is 0 Å². The van der Waals surface area contributed by atoms with E-state index in [1.165, 1.54) is 25.7 Å². The van der Waals surface area contributed by atoms with Gasteiger partial charge in [-0.25, -0.2) is 0 Å². The molecule has 11 heavy (non-hydrogen) atoms. The fourth-order valence-electron chi connectivity index (χ4n) is 2.05. The summed E-state index contributed by atoms with van der Waals surface area (Å²) in [4.78, 5) is 0. The van der Waals surface area contributed by atoms with Crippen molar-refractivity contribution in [2.24, 2.45) is 11.8 Å². The van der Waals surface area contributed by atoms with Gasteiger partial charge >= 0.3 is 0 Å². The third kappa shape index (κ3) is 2.33. The number of hydrogen-bond donors (Lipinski definition) is 1. The minimum atomic E-state index is 0.374. The molecule has 64 valence electrons. The minimum absolute atomic E-state index is 0.374. The second kappa shape index (κ2) is 4.55. The second-order valence-electron chi connectivity index (χ2n) is 3.51. The fraction of sp³-hybridized carbons (Fsp3) is 0.800. The van der Waals surface area contributed by atoms with Crippen molar-refractivity contribution in [2.45, 2.75) is 32.1 Å². The summed E-state index contributed by atoms with van der Waals surface area (Å²) in [6, 6.07) is 0. The lowest BCUT2D eigenvalue weighted by atomic mass is 9.78. The van der Waals surface area contributed by atoms with Crippen molar-refractivity contribution in [1.82, 2.24) is 0 Å². The Morgan fingerprint density at radius 2 is 1.91 bits per heavy atom. The van der Waals surface area contributed by atoms with Crippen LogP contribution in [0.3, 0.4) is 0 Å². The van der Waals surface area contributed by atoms with E-state index >= 15 is 0 Å². The summed E-state index contributed by atoms with van der Waals surface area (Å²) in [6.45, 7) is 4.12. The van der Waals surface area contributed by atoms with Gasteiger partial charge in [-0.1, -0.05) is 18.9 Å². The Morgan fingerprint density at radius 3 is 2.45 bits per heavy atom. The Kier molecular flexibility index (Phi) is 3.64. The summed E-state index contributed by atoms with van der Waals surface area (Å²) < 4.78 is 0. The highest BCUT2D eigenvalue weighted by atomic mass is 16.3. The molecule has 0 unspecified atom stereocenters. The van der Waals surface area contributed by atoms with Crippen LogP contribution in [0.25, 0.3) is 0 Å². The summed E-state index contributed by atoms with van der Waals surface area (Å²) in [5, 5.41) is 9.05. The lowest BCUT2D eigenvalue weighted by Gasteiger charge is -2.29. The predicted octanol–water partition coefficient (Wildman–Crippen LogP) is 2.36. The zero-order chi connectivity index (χ0) is 8.10. The molecule has 0 aliphatic heterocycles. The van der Waals surface area contributed by atoms with Gasteiger partial charge in [0.25, 0.3) is 0 Å². The molecule has 1 aliphatic rings. The maximum atomic E-state index is 9.05. The van der Waals surface area contributed by atoms with E-state index in [2.05, 4.69) is 6.58 Å². The molecule has 0 radical (unpaired) electrons. The van der Waals surface area contributed by atoms with Crippen molar-refractivity contribution in [3.63, 3.8) is 0 Å². The van der Waals surface area contributed by atoms with Gasteiger partial charge in [0, 0.05) is 6.61 Å². The van der Waals surface area contributed by atoms with Gasteiger partial charge in [0.2, 0.25) is 0 Å². The first-order valence-corrected chi connectivity index (χ1v) is 4.60. The molecule has 0 aromatic heterocycles. The average Bonchev–Trinajstić information content (AvgIpc) is 2.06. The molecule has 1 saturated carbocycles. The van der Waals surface area contributed by atoms with Crippen LogP contribution in [0.4, 0.5) is 0 Å². The Bertz CT molecular complexity index is 120. The number of aliphatic hydroxyl groups excluding tert-OH is 1. The molecule has 1 nitrogen and oxygen atoms in total. The van der Waals surface area contributed by atoms with Crippen molar-refractivity contribution < 1.29 is 5.11 Å². The summed E-state index contributed by atoms with van der Waals surface area (Å²) in [6.07, 6.45) is 8.23. The number of rotatable bonds is 3. The lowest BCUT2D eigenvalue weighted by molar-refractivity contribution is 0.136. The molecular weight excluding hydrogens is 136 g/mol. The van der Waals surface area contributed by atoms with E-state index in [9.17, 15) is 0 Å². The van der Waals surface area contributed by atoms with E-state index in [-0.39, 0.29) is 0 Å². The van der Waals surface area contributed by atoms with Gasteiger partial charge in [-0.2, -0.15) is 0 Å². The Labute approximate surface area is 69.1 Å². The average molecular weight is 154 g/mol. The van der Waals surface area contributed by atoms with Gasteiger partial charge in [-0.3, -0.25) is 0 Å². The summed E-state index contributed by atoms with van der Waals surface area (Å²) in [7, 11) is 0. The second-order valence-corrected chi connectivity index (χ2v) is 3.51. The van der Waals surface area contributed by atoms with Crippen LogP contribution in [0.5, 0.6) is 0 Å². The molecule has 1 rings (SSSR count). The van der Waals surface area contributed by atoms with Gasteiger partial charge < -0.3 is 5.11 Å². The van der Waals surface area contributed by atoms with Crippen molar-refractivity contribution in [3.8, 4) is 0 Å². The lowest BCUT2D eigenvalue weighted by Crippen LogP contribution is -2.21. The quantitative estimate of drug-likeness (QED) is 0.619. The maximum Gasteiger partial charge on any atom is 0.0462 e. The molecule has 0 aromatic rings. The van der Waals surface area contributed by atoms with Gasteiger partial charge in [0.15, 0.2) is 0 Å². The van der Waals surface area contributed by atoms with E-state index in [1.807, 2.05) is 6.08 Å². The molecule has 1 fully saturated rings. The van der Waals surface area contributed by atoms with Gasteiger partial charge in [-0.05, 0) is 31.1 Å². The van der Waals surface area contributed by atoms with E-state index in [4.69, 9.17) is 5.11 Å². The highest BCUT2D eigenvalue weighted by Crippen LogP contribution is 2.31. The largest absolute Gasteiger partial charge is 0.396 e. The van der Waals surface area contributed by atoms with Crippen LogP contribution in [0, 0.1) is 11.8 Å². The molecule has 2 atom stereocenters. The van der Waals surface area contributed by atoms with Gasteiger partial charge in [0.05, 0.1) is 0 Å². The summed E-state index contributed by atoms with van der Waals surface area (Å²) >= 11 is 0.